The summed E-state index contributed by atoms with van der Waals surface area (Å²) in [7, 11) is 0. The molecule has 6 heteroatoms. The van der Waals surface area contributed by atoms with E-state index in [4.69, 9.17) is 0 Å². The van der Waals surface area contributed by atoms with Crippen molar-refractivity contribution in [1.29, 1.82) is 0 Å². The molecule has 2 N–H and O–H groups in total. The minimum atomic E-state index is -0.0312. The second kappa shape index (κ2) is 6.18. The molecule has 2 aromatic heterocycles. The molecular weight excluding hydrogens is 290 g/mol. The van der Waals surface area contributed by atoms with E-state index in [1.807, 2.05) is 17.0 Å². The molecule has 3 heterocycles. The van der Waals surface area contributed by atoms with Crippen LogP contribution in [-0.2, 0) is 11.8 Å². The first-order valence-corrected chi connectivity index (χ1v) is 8.27. The van der Waals surface area contributed by atoms with Crippen molar-refractivity contribution in [2.75, 3.05) is 13.1 Å². The molecule has 3 rings (SSSR count). The molecule has 1 fully saturated rings. The second-order valence-corrected chi connectivity index (χ2v) is 7.46. The summed E-state index contributed by atoms with van der Waals surface area (Å²) in [6.45, 7) is 7.92. The van der Waals surface area contributed by atoms with Gasteiger partial charge >= 0.3 is 0 Å². The van der Waals surface area contributed by atoms with Crippen LogP contribution in [0.2, 0.25) is 0 Å². The number of likely N-dealkylation sites (tertiary alicyclic amines) is 1. The minimum Gasteiger partial charge on any atom is -0.337 e. The number of rotatable bonds is 3. The Kier molecular flexibility index (Phi) is 4.24. The molecule has 23 heavy (non-hydrogen) atoms. The van der Waals surface area contributed by atoms with Gasteiger partial charge in [0.25, 0.3) is 5.91 Å². The summed E-state index contributed by atoms with van der Waals surface area (Å²) in [6.07, 6.45) is 4.91. The van der Waals surface area contributed by atoms with Gasteiger partial charge in [-0.1, -0.05) is 20.8 Å². The molecule has 0 saturated carbocycles. The Morgan fingerprint density at radius 3 is 2.87 bits per heavy atom. The van der Waals surface area contributed by atoms with Gasteiger partial charge in [-0.15, -0.1) is 0 Å². The van der Waals surface area contributed by atoms with Crippen LogP contribution >= 0.6 is 0 Å². The first kappa shape index (κ1) is 15.8. The van der Waals surface area contributed by atoms with Gasteiger partial charge in [0.05, 0.1) is 0 Å². The number of nitrogens with zero attached hydrogens (tertiary/aromatic N) is 3. The smallest absolute Gasteiger partial charge is 0.274 e. The number of hydrogen-bond donors (Lipinski definition) is 2. The van der Waals surface area contributed by atoms with Crippen LogP contribution in [0.25, 0.3) is 0 Å². The van der Waals surface area contributed by atoms with Crippen LogP contribution in [0.15, 0.2) is 18.3 Å². The van der Waals surface area contributed by atoms with Gasteiger partial charge in [0.2, 0.25) is 0 Å². The van der Waals surface area contributed by atoms with E-state index in [1.54, 1.807) is 6.20 Å². The molecule has 0 spiro atoms. The minimum absolute atomic E-state index is 0.0312. The highest BCUT2D eigenvalue weighted by Gasteiger charge is 2.27. The first-order chi connectivity index (χ1) is 10.9. The van der Waals surface area contributed by atoms with E-state index >= 15 is 0 Å². The van der Waals surface area contributed by atoms with Gasteiger partial charge in [-0.25, -0.2) is 0 Å². The van der Waals surface area contributed by atoms with Crippen LogP contribution in [0.1, 0.15) is 55.5 Å². The summed E-state index contributed by atoms with van der Waals surface area (Å²) in [5.41, 5.74) is 2.62. The maximum atomic E-state index is 12.7. The number of nitrogens with one attached hydrogen (secondary N) is 2. The monoisotopic (exact) mass is 315 g/mol. The quantitative estimate of drug-likeness (QED) is 0.913. The van der Waals surface area contributed by atoms with Gasteiger partial charge in [-0.05, 0) is 37.3 Å². The zero-order chi connectivity index (χ0) is 16.4. The molecular formula is C17H25N5O. The fourth-order valence-corrected chi connectivity index (χ4v) is 3.10. The van der Waals surface area contributed by atoms with Crippen LogP contribution in [0, 0.1) is 5.92 Å². The Hall–Kier alpha value is -2.11. The molecule has 2 aromatic rings. The van der Waals surface area contributed by atoms with Crippen molar-refractivity contribution < 1.29 is 4.79 Å². The number of carbonyl (C=O) groups excluding carboxylic acids is 1. The zero-order valence-corrected chi connectivity index (χ0v) is 14.1. The maximum absolute atomic E-state index is 12.7. The average molecular weight is 315 g/mol. The summed E-state index contributed by atoms with van der Waals surface area (Å²) < 4.78 is 0. The van der Waals surface area contributed by atoms with Crippen LogP contribution in [0.4, 0.5) is 0 Å². The van der Waals surface area contributed by atoms with Crippen molar-refractivity contribution in [1.82, 2.24) is 25.3 Å². The van der Waals surface area contributed by atoms with E-state index in [9.17, 15) is 4.79 Å². The Bertz CT molecular complexity index is 653. The van der Waals surface area contributed by atoms with E-state index in [-0.39, 0.29) is 11.3 Å². The fourth-order valence-electron chi connectivity index (χ4n) is 3.10. The lowest BCUT2D eigenvalue weighted by molar-refractivity contribution is 0.0667. The Morgan fingerprint density at radius 2 is 2.22 bits per heavy atom. The summed E-state index contributed by atoms with van der Waals surface area (Å²) in [4.78, 5) is 14.6. The number of piperidine rings is 1. The molecule has 1 aliphatic heterocycles. The summed E-state index contributed by atoms with van der Waals surface area (Å²) in [6, 6.07) is 3.89. The number of hydrogen-bond acceptors (Lipinski definition) is 3. The maximum Gasteiger partial charge on any atom is 0.274 e. The van der Waals surface area contributed by atoms with Crippen molar-refractivity contribution in [2.45, 2.75) is 45.4 Å². The predicted molar refractivity (Wildman–Crippen MR) is 88.2 cm³/mol. The summed E-state index contributed by atoms with van der Waals surface area (Å²) in [5.74, 6) is 0.514. The summed E-state index contributed by atoms with van der Waals surface area (Å²) >= 11 is 0. The lowest BCUT2D eigenvalue weighted by Gasteiger charge is -2.32. The van der Waals surface area contributed by atoms with Crippen molar-refractivity contribution in [3.8, 4) is 0 Å². The average Bonchev–Trinajstić information content (AvgIpc) is 3.17. The first-order valence-electron chi connectivity index (χ1n) is 8.27. The molecule has 0 unspecified atom stereocenters. The number of H-pyrrole nitrogens is 2. The molecule has 1 amide bonds. The van der Waals surface area contributed by atoms with Gasteiger partial charge in [0.1, 0.15) is 5.69 Å². The largest absolute Gasteiger partial charge is 0.337 e. The van der Waals surface area contributed by atoms with Gasteiger partial charge in [0.15, 0.2) is 0 Å². The van der Waals surface area contributed by atoms with E-state index in [1.165, 1.54) is 0 Å². The van der Waals surface area contributed by atoms with E-state index in [2.05, 4.69) is 41.2 Å². The normalized spacial score (nSPS) is 19.1. The molecule has 0 bridgehead atoms. The molecule has 6 nitrogen and oxygen atoms in total. The van der Waals surface area contributed by atoms with Crippen molar-refractivity contribution in [3.63, 3.8) is 0 Å². The Labute approximate surface area is 136 Å². The van der Waals surface area contributed by atoms with Gasteiger partial charge in [-0.2, -0.15) is 10.2 Å². The number of amides is 1. The molecule has 0 aliphatic carbocycles. The SMILES string of the molecule is CC(C)(C)c1cc(C(=O)N2CCC[C@@H](Cc3ccn[nH]3)C2)n[nH]1. The van der Waals surface area contributed by atoms with E-state index < -0.39 is 0 Å². The lowest BCUT2D eigenvalue weighted by Crippen LogP contribution is -2.40. The standard InChI is InChI=1S/C17H25N5O/c1-17(2,3)15-10-14(20-21-15)16(23)22-8-4-5-12(11-22)9-13-6-7-18-19-13/h6-7,10,12H,4-5,8-9,11H2,1-3H3,(H,18,19)(H,20,21)/t12-/m0/s1. The predicted octanol–water partition coefficient (Wildman–Crippen LogP) is 2.53. The van der Waals surface area contributed by atoms with Gasteiger partial charge < -0.3 is 4.90 Å². The van der Waals surface area contributed by atoms with Crippen LogP contribution in [0.5, 0.6) is 0 Å². The highest BCUT2D eigenvalue weighted by molar-refractivity contribution is 5.92. The highest BCUT2D eigenvalue weighted by atomic mass is 16.2. The fraction of sp³-hybridized carbons (Fsp3) is 0.588. The molecule has 0 radical (unpaired) electrons. The topological polar surface area (TPSA) is 77.7 Å². The third-order valence-corrected chi connectivity index (χ3v) is 4.48. The van der Waals surface area contributed by atoms with Crippen molar-refractivity contribution in [2.24, 2.45) is 5.92 Å². The summed E-state index contributed by atoms with van der Waals surface area (Å²) in [5, 5.41) is 14.2. The van der Waals surface area contributed by atoms with Crippen LogP contribution in [-0.4, -0.2) is 44.3 Å². The lowest BCUT2D eigenvalue weighted by atomic mass is 9.92. The number of aromatic nitrogens is 4. The second-order valence-electron chi connectivity index (χ2n) is 7.46. The molecule has 0 aromatic carbocycles. The van der Waals surface area contributed by atoms with Crippen LogP contribution < -0.4 is 0 Å². The third-order valence-electron chi connectivity index (χ3n) is 4.48. The molecule has 1 atom stereocenters. The number of carbonyl (C=O) groups is 1. The molecule has 1 aliphatic rings. The van der Waals surface area contributed by atoms with Crippen molar-refractivity contribution in [3.05, 3.63) is 35.4 Å². The molecule has 124 valence electrons. The van der Waals surface area contributed by atoms with E-state index in [0.29, 0.717) is 11.6 Å². The van der Waals surface area contributed by atoms with Gasteiger partial charge in [0, 0.05) is 36.1 Å². The van der Waals surface area contributed by atoms with E-state index in [0.717, 1.165) is 43.7 Å². The highest BCUT2D eigenvalue weighted by Crippen LogP contribution is 2.23. The van der Waals surface area contributed by atoms with Crippen molar-refractivity contribution >= 4 is 5.91 Å². The van der Waals surface area contributed by atoms with Crippen LogP contribution in [0.3, 0.4) is 0 Å². The Balaban J connectivity index is 1.66. The number of aromatic amines is 2. The third kappa shape index (κ3) is 3.63. The zero-order valence-electron chi connectivity index (χ0n) is 14.1. The Morgan fingerprint density at radius 1 is 1.39 bits per heavy atom. The molecule has 1 saturated heterocycles. The van der Waals surface area contributed by atoms with Gasteiger partial charge in [-0.3, -0.25) is 15.0 Å².